The van der Waals surface area contributed by atoms with Gasteiger partial charge in [-0.25, -0.2) is 0 Å². The van der Waals surface area contributed by atoms with Crippen LogP contribution >= 0.6 is 0 Å². The molecule has 21 heavy (non-hydrogen) atoms. The van der Waals surface area contributed by atoms with E-state index in [-0.39, 0.29) is 11.3 Å². The second-order valence-electron chi connectivity index (χ2n) is 6.26. The van der Waals surface area contributed by atoms with E-state index in [9.17, 15) is 10.1 Å². The summed E-state index contributed by atoms with van der Waals surface area (Å²) < 4.78 is 0. The fourth-order valence-electron chi connectivity index (χ4n) is 3.83. The lowest BCUT2D eigenvalue weighted by Gasteiger charge is -2.40. The molecule has 0 bridgehead atoms. The van der Waals surface area contributed by atoms with Crippen LogP contribution in [0.4, 0.5) is 11.4 Å². The fraction of sp³-hybridized carbons (Fsp3) is 0.562. The molecule has 0 N–H and O–H groups in total. The molecule has 1 aliphatic heterocycles. The Labute approximate surface area is 124 Å². The van der Waals surface area contributed by atoms with E-state index in [1.165, 1.54) is 38.5 Å². The van der Waals surface area contributed by atoms with E-state index >= 15 is 0 Å². The van der Waals surface area contributed by atoms with Crippen molar-refractivity contribution in [3.05, 3.63) is 33.9 Å². The van der Waals surface area contributed by atoms with Crippen LogP contribution in [0.5, 0.6) is 0 Å². The van der Waals surface area contributed by atoms with E-state index in [1.807, 2.05) is 12.1 Å². The summed E-state index contributed by atoms with van der Waals surface area (Å²) in [5.74, 6) is 0. The predicted octanol–water partition coefficient (Wildman–Crippen LogP) is 3.63. The molecule has 0 amide bonds. The molecule has 1 heterocycles. The minimum atomic E-state index is -0.468. The molecule has 5 heteroatoms. The first kappa shape index (κ1) is 13.9. The third-order valence-electron chi connectivity index (χ3n) is 5.15. The van der Waals surface area contributed by atoms with E-state index in [2.05, 4.69) is 4.90 Å². The van der Waals surface area contributed by atoms with Crippen LogP contribution in [-0.2, 0) is 0 Å². The van der Waals surface area contributed by atoms with Crippen molar-refractivity contribution in [2.24, 2.45) is 5.41 Å². The van der Waals surface area contributed by atoms with Crippen LogP contribution in [0.3, 0.4) is 0 Å². The average molecular weight is 285 g/mol. The molecule has 1 aromatic rings. The van der Waals surface area contributed by atoms with Crippen molar-refractivity contribution in [2.75, 3.05) is 18.0 Å². The first-order valence-corrected chi connectivity index (χ1v) is 7.57. The predicted molar refractivity (Wildman–Crippen MR) is 80.2 cm³/mol. The minimum Gasteiger partial charge on any atom is -0.371 e. The van der Waals surface area contributed by atoms with Crippen LogP contribution in [-0.4, -0.2) is 18.0 Å². The molecule has 1 aromatic carbocycles. The summed E-state index contributed by atoms with van der Waals surface area (Å²) in [6.45, 7) is 1.92. The highest BCUT2D eigenvalue weighted by molar-refractivity contribution is 5.60. The maximum Gasteiger partial charge on any atom is 0.289 e. The van der Waals surface area contributed by atoms with Gasteiger partial charge in [0.1, 0.15) is 11.6 Å². The summed E-state index contributed by atoms with van der Waals surface area (Å²) in [6, 6.07) is 6.83. The van der Waals surface area contributed by atoms with Crippen LogP contribution in [0.15, 0.2) is 18.2 Å². The number of piperidine rings is 1. The summed E-state index contributed by atoms with van der Waals surface area (Å²) in [6.07, 6.45) is 7.75. The van der Waals surface area contributed by atoms with Gasteiger partial charge in [-0.15, -0.1) is 0 Å². The van der Waals surface area contributed by atoms with Crippen LogP contribution in [0.25, 0.3) is 0 Å². The molecule has 5 nitrogen and oxygen atoms in total. The Hall–Kier alpha value is -2.09. The molecule has 1 saturated carbocycles. The van der Waals surface area contributed by atoms with Crippen LogP contribution in [0, 0.1) is 26.9 Å². The van der Waals surface area contributed by atoms with Crippen molar-refractivity contribution in [3.8, 4) is 6.07 Å². The Balaban J connectivity index is 1.78. The second kappa shape index (κ2) is 5.36. The summed E-state index contributed by atoms with van der Waals surface area (Å²) >= 11 is 0. The van der Waals surface area contributed by atoms with Gasteiger partial charge in [-0.2, -0.15) is 5.26 Å². The number of nitriles is 1. The molecule has 0 atom stereocenters. The van der Waals surface area contributed by atoms with Gasteiger partial charge in [-0.05, 0) is 43.2 Å². The number of nitro benzene ring substituents is 1. The number of anilines is 1. The van der Waals surface area contributed by atoms with Crippen molar-refractivity contribution >= 4 is 11.4 Å². The topological polar surface area (TPSA) is 70.2 Å². The van der Waals surface area contributed by atoms with E-state index in [0.717, 1.165) is 18.8 Å². The van der Waals surface area contributed by atoms with Crippen molar-refractivity contribution in [2.45, 2.75) is 38.5 Å². The number of rotatable bonds is 2. The average Bonchev–Trinajstić information content (AvgIpc) is 2.95. The monoisotopic (exact) mass is 285 g/mol. The van der Waals surface area contributed by atoms with Crippen LogP contribution in [0.1, 0.15) is 44.1 Å². The highest BCUT2D eigenvalue weighted by Crippen LogP contribution is 2.46. The lowest BCUT2D eigenvalue weighted by atomic mass is 9.77. The molecule has 1 saturated heterocycles. The van der Waals surface area contributed by atoms with E-state index in [0.29, 0.717) is 5.41 Å². The Kier molecular flexibility index (Phi) is 3.54. The molecule has 2 fully saturated rings. The minimum absolute atomic E-state index is 0.0869. The fourth-order valence-corrected chi connectivity index (χ4v) is 3.83. The van der Waals surface area contributed by atoms with E-state index < -0.39 is 4.92 Å². The van der Waals surface area contributed by atoms with Crippen molar-refractivity contribution in [1.29, 1.82) is 5.26 Å². The normalized spacial score (nSPS) is 20.4. The zero-order valence-electron chi connectivity index (χ0n) is 12.0. The summed E-state index contributed by atoms with van der Waals surface area (Å²) in [7, 11) is 0. The van der Waals surface area contributed by atoms with Gasteiger partial charge in [-0.1, -0.05) is 12.8 Å². The number of nitrogens with zero attached hydrogens (tertiary/aromatic N) is 3. The van der Waals surface area contributed by atoms with Gasteiger partial charge in [0, 0.05) is 24.8 Å². The Morgan fingerprint density at radius 2 is 1.86 bits per heavy atom. The summed E-state index contributed by atoms with van der Waals surface area (Å²) in [5, 5.41) is 20.0. The number of benzene rings is 1. The van der Waals surface area contributed by atoms with Gasteiger partial charge >= 0.3 is 0 Å². The van der Waals surface area contributed by atoms with Gasteiger partial charge in [0.25, 0.3) is 5.69 Å². The van der Waals surface area contributed by atoms with E-state index in [4.69, 9.17) is 5.26 Å². The molecule has 2 aliphatic rings. The Morgan fingerprint density at radius 3 is 2.43 bits per heavy atom. The standard InChI is InChI=1S/C16H19N3O2/c17-12-13-3-4-14(11-15(13)19(20)21)18-9-7-16(8-10-18)5-1-2-6-16/h3-4,11H,1-2,5-10H2. The third-order valence-corrected chi connectivity index (χ3v) is 5.15. The van der Waals surface area contributed by atoms with Crippen molar-refractivity contribution < 1.29 is 4.92 Å². The lowest BCUT2D eigenvalue weighted by Crippen LogP contribution is -2.38. The molecular formula is C16H19N3O2. The highest BCUT2D eigenvalue weighted by atomic mass is 16.6. The molecule has 0 radical (unpaired) electrons. The van der Waals surface area contributed by atoms with Crippen LogP contribution in [0.2, 0.25) is 0 Å². The van der Waals surface area contributed by atoms with Gasteiger partial charge in [-0.3, -0.25) is 10.1 Å². The third kappa shape index (κ3) is 2.58. The SMILES string of the molecule is N#Cc1ccc(N2CCC3(CCCC3)CC2)cc1[N+](=O)[O-]. The first-order valence-electron chi connectivity index (χ1n) is 7.57. The van der Waals surface area contributed by atoms with E-state index in [1.54, 1.807) is 12.1 Å². The number of hydrogen-bond donors (Lipinski definition) is 0. The summed E-state index contributed by atoms with van der Waals surface area (Å²) in [4.78, 5) is 12.8. The van der Waals surface area contributed by atoms with Gasteiger partial charge in [0.05, 0.1) is 4.92 Å². The van der Waals surface area contributed by atoms with Gasteiger partial charge in [0.15, 0.2) is 0 Å². The van der Waals surface area contributed by atoms with Gasteiger partial charge < -0.3 is 4.90 Å². The number of nitro groups is 1. The summed E-state index contributed by atoms with van der Waals surface area (Å²) in [5.41, 5.74) is 1.45. The maximum atomic E-state index is 11.1. The molecule has 1 aliphatic carbocycles. The van der Waals surface area contributed by atoms with Crippen molar-refractivity contribution in [1.82, 2.24) is 0 Å². The molecule has 110 valence electrons. The smallest absolute Gasteiger partial charge is 0.289 e. The second-order valence-corrected chi connectivity index (χ2v) is 6.26. The first-order chi connectivity index (χ1) is 10.1. The molecule has 0 unspecified atom stereocenters. The molecular weight excluding hydrogens is 266 g/mol. The Bertz CT molecular complexity index is 590. The van der Waals surface area contributed by atoms with Crippen molar-refractivity contribution in [3.63, 3.8) is 0 Å². The van der Waals surface area contributed by atoms with Gasteiger partial charge in [0.2, 0.25) is 0 Å². The molecule has 3 rings (SSSR count). The largest absolute Gasteiger partial charge is 0.371 e. The highest BCUT2D eigenvalue weighted by Gasteiger charge is 2.37. The zero-order chi connectivity index (χ0) is 14.9. The lowest BCUT2D eigenvalue weighted by molar-refractivity contribution is -0.385. The quantitative estimate of drug-likeness (QED) is 0.614. The molecule has 1 spiro atoms. The zero-order valence-corrected chi connectivity index (χ0v) is 12.0. The molecule has 0 aromatic heterocycles. The number of hydrogen-bond acceptors (Lipinski definition) is 4. The Morgan fingerprint density at radius 1 is 1.19 bits per heavy atom. The van der Waals surface area contributed by atoms with Crippen LogP contribution < -0.4 is 4.90 Å². The maximum absolute atomic E-state index is 11.1.